The maximum absolute atomic E-state index is 13.5. The van der Waals surface area contributed by atoms with Gasteiger partial charge in [-0.25, -0.2) is 4.39 Å². The topological polar surface area (TPSA) is 46.2 Å². The monoisotopic (exact) mass is 303 g/mol. The molecule has 7 heteroatoms. The average molecular weight is 303 g/mol. The van der Waals surface area contributed by atoms with E-state index in [-0.39, 0.29) is 11.8 Å². The number of alkyl halides is 3. The Balaban J connectivity index is 2.13. The number of benzene rings is 1. The first-order chi connectivity index (χ1) is 9.77. The molecule has 0 spiro atoms. The summed E-state index contributed by atoms with van der Waals surface area (Å²) in [5, 5.41) is 2.48. The molecule has 1 fully saturated rings. The van der Waals surface area contributed by atoms with Crippen molar-refractivity contribution in [2.24, 2.45) is 0 Å². The molecule has 0 aromatic heterocycles. The van der Waals surface area contributed by atoms with Crippen LogP contribution in [0.3, 0.4) is 0 Å². The Morgan fingerprint density at radius 2 is 1.81 bits per heavy atom. The molecule has 0 saturated heterocycles. The van der Waals surface area contributed by atoms with Gasteiger partial charge in [0.1, 0.15) is 11.6 Å². The van der Waals surface area contributed by atoms with Crippen LogP contribution < -0.4 is 5.32 Å². The highest BCUT2D eigenvalue weighted by atomic mass is 19.4. The second-order valence-electron chi connectivity index (χ2n) is 4.98. The minimum Gasteiger partial charge on any atom is -0.349 e. The molecular weight excluding hydrogens is 290 g/mol. The third-order valence-electron chi connectivity index (χ3n) is 3.42. The summed E-state index contributed by atoms with van der Waals surface area (Å²) in [7, 11) is 0. The summed E-state index contributed by atoms with van der Waals surface area (Å²) in [6.07, 6.45) is -3.16. The van der Waals surface area contributed by atoms with Crippen molar-refractivity contribution in [3.8, 4) is 0 Å². The quantitative estimate of drug-likeness (QED) is 0.853. The molecule has 1 aromatic rings. The van der Waals surface area contributed by atoms with E-state index in [2.05, 4.69) is 5.32 Å². The maximum Gasteiger partial charge on any atom is 0.416 e. The van der Waals surface area contributed by atoms with E-state index >= 15 is 0 Å². The molecule has 21 heavy (non-hydrogen) atoms. The van der Waals surface area contributed by atoms with Crippen LogP contribution in [-0.4, -0.2) is 17.7 Å². The van der Waals surface area contributed by atoms with Crippen LogP contribution in [0, 0.1) is 5.82 Å². The number of amides is 1. The predicted molar refractivity (Wildman–Crippen MR) is 66.1 cm³/mol. The third-order valence-corrected chi connectivity index (χ3v) is 3.42. The van der Waals surface area contributed by atoms with Gasteiger partial charge in [0.05, 0.1) is 11.1 Å². The third kappa shape index (κ3) is 3.80. The Bertz CT molecular complexity index is 559. The Labute approximate surface area is 118 Å². The number of halogens is 4. The van der Waals surface area contributed by atoms with Crippen LogP contribution in [0.15, 0.2) is 18.2 Å². The van der Waals surface area contributed by atoms with Crippen LogP contribution in [0.4, 0.5) is 17.6 Å². The largest absolute Gasteiger partial charge is 0.416 e. The van der Waals surface area contributed by atoms with Crippen LogP contribution in [0.25, 0.3) is 0 Å². The van der Waals surface area contributed by atoms with Crippen LogP contribution in [0.5, 0.6) is 0 Å². The normalized spacial score (nSPS) is 16.9. The molecule has 1 aliphatic rings. The summed E-state index contributed by atoms with van der Waals surface area (Å²) < 4.78 is 51.3. The van der Waals surface area contributed by atoms with Crippen molar-refractivity contribution < 1.29 is 27.2 Å². The number of carbonyl (C=O) groups excluding carboxylic acids is 2. The lowest BCUT2D eigenvalue weighted by Crippen LogP contribution is -2.38. The van der Waals surface area contributed by atoms with Crippen molar-refractivity contribution in [3.05, 3.63) is 35.1 Å². The fraction of sp³-hybridized carbons (Fsp3) is 0.429. The fourth-order valence-corrected chi connectivity index (χ4v) is 2.22. The van der Waals surface area contributed by atoms with Crippen molar-refractivity contribution >= 4 is 11.7 Å². The van der Waals surface area contributed by atoms with E-state index in [1.807, 2.05) is 0 Å². The van der Waals surface area contributed by atoms with E-state index in [0.29, 0.717) is 43.9 Å². The summed E-state index contributed by atoms with van der Waals surface area (Å²) in [6.45, 7) is 0. The van der Waals surface area contributed by atoms with Gasteiger partial charge in [-0.15, -0.1) is 0 Å². The van der Waals surface area contributed by atoms with Gasteiger partial charge in [0.2, 0.25) is 0 Å². The summed E-state index contributed by atoms with van der Waals surface area (Å²) in [6, 6.07) is 1.40. The Morgan fingerprint density at radius 3 is 2.38 bits per heavy atom. The van der Waals surface area contributed by atoms with Gasteiger partial charge in [-0.05, 0) is 31.0 Å². The molecule has 0 unspecified atom stereocenters. The summed E-state index contributed by atoms with van der Waals surface area (Å²) >= 11 is 0. The first-order valence-electron chi connectivity index (χ1n) is 6.46. The van der Waals surface area contributed by atoms with E-state index in [1.54, 1.807) is 0 Å². The van der Waals surface area contributed by atoms with Gasteiger partial charge in [-0.2, -0.15) is 13.2 Å². The van der Waals surface area contributed by atoms with Gasteiger partial charge >= 0.3 is 6.18 Å². The minimum absolute atomic E-state index is 0.0887. The second-order valence-corrected chi connectivity index (χ2v) is 4.98. The summed E-state index contributed by atoms with van der Waals surface area (Å²) in [5.41, 5.74) is -1.71. The summed E-state index contributed by atoms with van der Waals surface area (Å²) in [5.74, 6) is -1.81. The number of nitrogens with one attached hydrogen (secondary N) is 1. The van der Waals surface area contributed by atoms with Crippen molar-refractivity contribution in [1.82, 2.24) is 5.32 Å². The number of rotatable bonds is 2. The highest BCUT2D eigenvalue weighted by Gasteiger charge is 2.32. The van der Waals surface area contributed by atoms with Crippen molar-refractivity contribution in [3.63, 3.8) is 0 Å². The predicted octanol–water partition coefficient (Wildman–Crippen LogP) is 3.09. The molecule has 1 aromatic carbocycles. The van der Waals surface area contributed by atoms with Crippen LogP contribution >= 0.6 is 0 Å². The minimum atomic E-state index is -4.64. The highest BCUT2D eigenvalue weighted by molar-refractivity contribution is 5.95. The SMILES string of the molecule is O=C1CCC(NC(=O)c2cc(C(F)(F)F)ccc2F)CC1. The van der Waals surface area contributed by atoms with Crippen molar-refractivity contribution in [1.29, 1.82) is 0 Å². The van der Waals surface area contributed by atoms with Crippen LogP contribution in [0.1, 0.15) is 41.6 Å². The zero-order chi connectivity index (χ0) is 15.6. The van der Waals surface area contributed by atoms with Gasteiger partial charge in [-0.1, -0.05) is 0 Å². The first-order valence-corrected chi connectivity index (χ1v) is 6.46. The molecule has 0 aliphatic heterocycles. The molecule has 0 atom stereocenters. The number of ketones is 1. The molecular formula is C14H13F4NO2. The molecule has 0 bridgehead atoms. The molecule has 0 heterocycles. The van der Waals surface area contributed by atoms with Gasteiger partial charge in [0.25, 0.3) is 5.91 Å². The van der Waals surface area contributed by atoms with Crippen molar-refractivity contribution in [2.75, 3.05) is 0 Å². The van der Waals surface area contributed by atoms with Gasteiger partial charge in [0.15, 0.2) is 0 Å². The Morgan fingerprint density at radius 1 is 1.19 bits per heavy atom. The number of carbonyl (C=O) groups is 2. The molecule has 1 N–H and O–H groups in total. The van der Waals surface area contributed by atoms with Crippen LogP contribution in [-0.2, 0) is 11.0 Å². The smallest absolute Gasteiger partial charge is 0.349 e. The number of Topliss-reactive ketones (excluding diaryl/α,β-unsaturated/α-hetero) is 1. The zero-order valence-electron chi connectivity index (χ0n) is 11.0. The molecule has 0 radical (unpaired) electrons. The number of hydrogen-bond donors (Lipinski definition) is 1. The number of hydrogen-bond acceptors (Lipinski definition) is 2. The van der Waals surface area contributed by atoms with E-state index < -0.39 is 29.0 Å². The van der Waals surface area contributed by atoms with Crippen LogP contribution in [0.2, 0.25) is 0 Å². The Kier molecular flexibility index (Phi) is 4.29. The molecule has 1 aliphatic carbocycles. The Hall–Kier alpha value is -1.92. The van der Waals surface area contributed by atoms with E-state index in [9.17, 15) is 27.2 Å². The molecule has 3 nitrogen and oxygen atoms in total. The maximum atomic E-state index is 13.5. The lowest BCUT2D eigenvalue weighted by molar-refractivity contribution is -0.137. The van der Waals surface area contributed by atoms with E-state index in [0.717, 1.165) is 0 Å². The molecule has 2 rings (SSSR count). The molecule has 1 amide bonds. The van der Waals surface area contributed by atoms with Gasteiger partial charge in [-0.3, -0.25) is 9.59 Å². The lowest BCUT2D eigenvalue weighted by atomic mass is 9.94. The van der Waals surface area contributed by atoms with Crippen molar-refractivity contribution in [2.45, 2.75) is 37.9 Å². The average Bonchev–Trinajstić information content (AvgIpc) is 2.40. The van der Waals surface area contributed by atoms with Gasteiger partial charge in [0, 0.05) is 18.9 Å². The zero-order valence-corrected chi connectivity index (χ0v) is 11.0. The molecule has 1 saturated carbocycles. The highest BCUT2D eigenvalue weighted by Crippen LogP contribution is 2.30. The molecule has 114 valence electrons. The fourth-order valence-electron chi connectivity index (χ4n) is 2.22. The standard InChI is InChI=1S/C14H13F4NO2/c15-12-6-1-8(14(16,17)18)7-11(12)13(21)19-9-2-4-10(20)5-3-9/h1,6-7,9H,2-5H2,(H,19,21). The van der Waals surface area contributed by atoms with E-state index in [4.69, 9.17) is 0 Å². The summed E-state index contributed by atoms with van der Waals surface area (Å²) in [4.78, 5) is 23.0. The van der Waals surface area contributed by atoms with E-state index in [1.165, 1.54) is 0 Å². The van der Waals surface area contributed by atoms with Gasteiger partial charge < -0.3 is 5.32 Å². The second kappa shape index (κ2) is 5.83. The first kappa shape index (κ1) is 15.5. The lowest BCUT2D eigenvalue weighted by Gasteiger charge is -2.22.